The van der Waals surface area contributed by atoms with Crippen molar-refractivity contribution in [3.63, 3.8) is 0 Å². The predicted molar refractivity (Wildman–Crippen MR) is 81.9 cm³/mol. The van der Waals surface area contributed by atoms with E-state index >= 15 is 0 Å². The molecule has 0 saturated carbocycles. The highest BCUT2D eigenvalue weighted by Gasteiger charge is 2.10. The highest BCUT2D eigenvalue weighted by atomic mass is 35.5. The molecule has 4 nitrogen and oxygen atoms in total. The Morgan fingerprint density at radius 1 is 1.19 bits per heavy atom. The largest absolute Gasteiger partial charge is 0.481 e. The second kappa shape index (κ2) is 6.41. The molecular weight excluding hydrogens is 290 g/mol. The van der Waals surface area contributed by atoms with Gasteiger partial charge in [-0.05, 0) is 42.3 Å². The molecule has 0 atom stereocenters. The number of nitrogens with one attached hydrogen (secondary N) is 1. The summed E-state index contributed by atoms with van der Waals surface area (Å²) in [5, 5.41) is 12.0. The minimum atomic E-state index is -0.913. The molecule has 0 aliphatic heterocycles. The van der Waals surface area contributed by atoms with Gasteiger partial charge in [0.25, 0.3) is 5.91 Å². The minimum absolute atomic E-state index is 0.0834. The summed E-state index contributed by atoms with van der Waals surface area (Å²) in [6.45, 7) is 1.83. The van der Waals surface area contributed by atoms with E-state index in [4.69, 9.17) is 16.7 Å². The number of anilines is 1. The standard InChI is InChI=1S/C16H14ClNO3/c1-10-5-6-12(17)9-14(10)16(21)18-13-4-2-3-11(7-13)8-15(19)20/h2-7,9H,8H2,1H3,(H,18,21)(H,19,20). The highest BCUT2D eigenvalue weighted by molar-refractivity contribution is 6.31. The van der Waals surface area contributed by atoms with Gasteiger partial charge in [0, 0.05) is 16.3 Å². The molecule has 0 bridgehead atoms. The Morgan fingerprint density at radius 3 is 2.67 bits per heavy atom. The van der Waals surface area contributed by atoms with E-state index in [2.05, 4.69) is 5.32 Å². The highest BCUT2D eigenvalue weighted by Crippen LogP contribution is 2.18. The maximum Gasteiger partial charge on any atom is 0.307 e. The first-order chi connectivity index (χ1) is 9.95. The van der Waals surface area contributed by atoms with Gasteiger partial charge in [-0.1, -0.05) is 29.8 Å². The number of benzene rings is 2. The van der Waals surface area contributed by atoms with Crippen molar-refractivity contribution < 1.29 is 14.7 Å². The van der Waals surface area contributed by atoms with Crippen LogP contribution in [0, 0.1) is 6.92 Å². The molecule has 0 fully saturated rings. The summed E-state index contributed by atoms with van der Waals surface area (Å²) < 4.78 is 0. The second-order valence-electron chi connectivity index (χ2n) is 4.68. The van der Waals surface area contributed by atoms with Crippen LogP contribution in [0.4, 0.5) is 5.69 Å². The maximum atomic E-state index is 12.2. The van der Waals surface area contributed by atoms with E-state index in [0.717, 1.165) is 5.56 Å². The SMILES string of the molecule is Cc1ccc(Cl)cc1C(=O)Nc1cccc(CC(=O)O)c1. The van der Waals surface area contributed by atoms with Crippen LogP contribution in [-0.2, 0) is 11.2 Å². The molecule has 0 saturated heterocycles. The van der Waals surface area contributed by atoms with Gasteiger partial charge >= 0.3 is 5.97 Å². The Hall–Kier alpha value is -2.33. The molecule has 108 valence electrons. The second-order valence-corrected chi connectivity index (χ2v) is 5.12. The third-order valence-corrected chi connectivity index (χ3v) is 3.22. The van der Waals surface area contributed by atoms with E-state index < -0.39 is 5.97 Å². The minimum Gasteiger partial charge on any atom is -0.481 e. The normalized spacial score (nSPS) is 10.2. The van der Waals surface area contributed by atoms with E-state index in [1.807, 2.05) is 6.92 Å². The average Bonchev–Trinajstić information content (AvgIpc) is 2.41. The lowest BCUT2D eigenvalue weighted by molar-refractivity contribution is -0.136. The van der Waals surface area contributed by atoms with Crippen molar-refractivity contribution in [3.05, 3.63) is 64.2 Å². The number of aryl methyl sites for hydroxylation is 1. The monoisotopic (exact) mass is 303 g/mol. The van der Waals surface area contributed by atoms with Gasteiger partial charge in [-0.2, -0.15) is 0 Å². The summed E-state index contributed by atoms with van der Waals surface area (Å²) in [5.74, 6) is -1.19. The number of hydrogen-bond donors (Lipinski definition) is 2. The summed E-state index contributed by atoms with van der Waals surface area (Å²) in [6, 6.07) is 11.9. The van der Waals surface area contributed by atoms with Crippen LogP contribution < -0.4 is 5.32 Å². The number of carboxylic acid groups (broad SMARTS) is 1. The van der Waals surface area contributed by atoms with Gasteiger partial charge in [0.05, 0.1) is 6.42 Å². The van der Waals surface area contributed by atoms with E-state index in [1.165, 1.54) is 0 Å². The summed E-state index contributed by atoms with van der Waals surface area (Å²) >= 11 is 5.90. The molecule has 0 unspecified atom stereocenters. The number of halogens is 1. The Bertz CT molecular complexity index is 698. The molecule has 1 amide bonds. The van der Waals surface area contributed by atoms with Gasteiger partial charge < -0.3 is 10.4 Å². The fourth-order valence-corrected chi connectivity index (χ4v) is 2.14. The number of carbonyl (C=O) groups is 2. The zero-order chi connectivity index (χ0) is 15.4. The summed E-state index contributed by atoms with van der Waals surface area (Å²) in [4.78, 5) is 22.9. The summed E-state index contributed by atoms with van der Waals surface area (Å²) in [7, 11) is 0. The molecule has 21 heavy (non-hydrogen) atoms. The van der Waals surface area contributed by atoms with E-state index in [0.29, 0.717) is 21.8 Å². The molecule has 2 rings (SSSR count). The topological polar surface area (TPSA) is 66.4 Å². The molecule has 2 aromatic rings. The number of carboxylic acids is 1. The molecule has 0 aliphatic rings. The quantitative estimate of drug-likeness (QED) is 0.908. The molecule has 2 N–H and O–H groups in total. The first-order valence-electron chi connectivity index (χ1n) is 6.34. The molecule has 0 spiro atoms. The Balaban J connectivity index is 2.19. The molecule has 5 heteroatoms. The van der Waals surface area contributed by atoms with Gasteiger partial charge in [-0.25, -0.2) is 0 Å². The zero-order valence-corrected chi connectivity index (χ0v) is 12.1. The van der Waals surface area contributed by atoms with Crippen molar-refractivity contribution >= 4 is 29.2 Å². The van der Waals surface area contributed by atoms with Gasteiger partial charge in [-0.3, -0.25) is 9.59 Å². The van der Waals surface area contributed by atoms with E-state index in [-0.39, 0.29) is 12.3 Å². The number of rotatable bonds is 4. The summed E-state index contributed by atoms with van der Waals surface area (Å²) in [5.41, 5.74) is 2.49. The maximum absolute atomic E-state index is 12.2. The van der Waals surface area contributed by atoms with E-state index in [1.54, 1.807) is 42.5 Å². The van der Waals surface area contributed by atoms with Crippen molar-refractivity contribution in [3.8, 4) is 0 Å². The molecule has 0 heterocycles. The molecule has 0 aliphatic carbocycles. The first kappa shape index (κ1) is 15.1. The Labute approximate surface area is 127 Å². The smallest absolute Gasteiger partial charge is 0.307 e. The van der Waals surface area contributed by atoms with Crippen LogP contribution in [0.25, 0.3) is 0 Å². The van der Waals surface area contributed by atoms with Gasteiger partial charge in [-0.15, -0.1) is 0 Å². The van der Waals surface area contributed by atoms with E-state index in [9.17, 15) is 9.59 Å². The van der Waals surface area contributed by atoms with Crippen LogP contribution in [-0.4, -0.2) is 17.0 Å². The molecule has 0 aromatic heterocycles. The van der Waals surface area contributed by atoms with Crippen molar-refractivity contribution in [1.82, 2.24) is 0 Å². The van der Waals surface area contributed by atoms with Crippen LogP contribution in [0.1, 0.15) is 21.5 Å². The Kier molecular flexibility index (Phi) is 4.60. The summed E-state index contributed by atoms with van der Waals surface area (Å²) in [6.07, 6.45) is -0.0834. The Morgan fingerprint density at radius 2 is 1.95 bits per heavy atom. The lowest BCUT2D eigenvalue weighted by atomic mass is 10.1. The predicted octanol–water partition coefficient (Wildman–Crippen LogP) is 3.53. The van der Waals surface area contributed by atoms with Crippen molar-refractivity contribution in [1.29, 1.82) is 0 Å². The van der Waals surface area contributed by atoms with Gasteiger partial charge in [0.2, 0.25) is 0 Å². The lowest BCUT2D eigenvalue weighted by Gasteiger charge is -2.09. The van der Waals surface area contributed by atoms with Gasteiger partial charge in [0.1, 0.15) is 0 Å². The van der Waals surface area contributed by atoms with Crippen LogP contribution >= 0.6 is 11.6 Å². The molecular formula is C16H14ClNO3. The molecule has 0 radical (unpaired) electrons. The fraction of sp³-hybridized carbons (Fsp3) is 0.125. The van der Waals surface area contributed by atoms with Gasteiger partial charge in [0.15, 0.2) is 0 Å². The first-order valence-corrected chi connectivity index (χ1v) is 6.72. The number of amides is 1. The van der Waals surface area contributed by atoms with Crippen LogP contribution in [0.15, 0.2) is 42.5 Å². The van der Waals surface area contributed by atoms with Crippen LogP contribution in [0.2, 0.25) is 5.02 Å². The lowest BCUT2D eigenvalue weighted by Crippen LogP contribution is -2.13. The average molecular weight is 304 g/mol. The number of hydrogen-bond acceptors (Lipinski definition) is 2. The number of aliphatic carboxylic acids is 1. The van der Waals surface area contributed by atoms with Crippen molar-refractivity contribution in [2.75, 3.05) is 5.32 Å². The third-order valence-electron chi connectivity index (χ3n) is 2.98. The fourth-order valence-electron chi connectivity index (χ4n) is 1.97. The van der Waals surface area contributed by atoms with Crippen molar-refractivity contribution in [2.45, 2.75) is 13.3 Å². The third kappa shape index (κ3) is 4.07. The van der Waals surface area contributed by atoms with Crippen LogP contribution in [0.3, 0.4) is 0 Å². The van der Waals surface area contributed by atoms with Crippen LogP contribution in [0.5, 0.6) is 0 Å². The molecule has 2 aromatic carbocycles. The number of carbonyl (C=O) groups excluding carboxylic acids is 1. The zero-order valence-electron chi connectivity index (χ0n) is 11.4. The van der Waals surface area contributed by atoms with Crippen molar-refractivity contribution in [2.24, 2.45) is 0 Å².